The third kappa shape index (κ3) is 2.21. The highest BCUT2D eigenvalue weighted by molar-refractivity contribution is 5.92. The van der Waals surface area contributed by atoms with Crippen LogP contribution in [0.4, 0.5) is 0 Å². The molecule has 102 valence electrons. The Balaban J connectivity index is 2.53. The zero-order valence-corrected chi connectivity index (χ0v) is 10.3. The van der Waals surface area contributed by atoms with Crippen LogP contribution in [0.1, 0.15) is 11.1 Å². The second kappa shape index (κ2) is 4.90. The van der Waals surface area contributed by atoms with Crippen molar-refractivity contribution in [2.45, 2.75) is 11.8 Å². The lowest BCUT2D eigenvalue weighted by atomic mass is 9.84. The lowest BCUT2D eigenvalue weighted by Gasteiger charge is -2.33. The van der Waals surface area contributed by atoms with Gasteiger partial charge in [-0.1, -0.05) is 18.2 Å². The van der Waals surface area contributed by atoms with Gasteiger partial charge in [0.15, 0.2) is 0 Å². The summed E-state index contributed by atoms with van der Waals surface area (Å²) in [5.41, 5.74) is 6.43. The number of aliphatic hydroxyl groups is 2. The fourth-order valence-electron chi connectivity index (χ4n) is 2.06. The van der Waals surface area contributed by atoms with Gasteiger partial charge in [-0.3, -0.25) is 0 Å². The molecule has 0 saturated heterocycles. The quantitative estimate of drug-likeness (QED) is 0.560. The molecule has 1 aromatic carbocycles. The van der Waals surface area contributed by atoms with E-state index in [0.717, 1.165) is 6.08 Å². The summed E-state index contributed by atoms with van der Waals surface area (Å²) in [4.78, 5) is 10.9. The molecule has 0 amide bonds. The molecule has 1 aliphatic carbocycles. The Hall–Kier alpha value is -2.46. The maximum Gasteiger partial charge on any atom is 0.337 e. The van der Waals surface area contributed by atoms with E-state index >= 15 is 0 Å². The maximum atomic E-state index is 10.9. The van der Waals surface area contributed by atoms with E-state index in [1.165, 1.54) is 6.08 Å². The molecule has 0 spiro atoms. The van der Waals surface area contributed by atoms with E-state index in [9.17, 15) is 15.0 Å². The number of rotatable bonds is 2. The number of hydrogen-bond acceptors (Lipinski definition) is 5. The van der Waals surface area contributed by atoms with Crippen molar-refractivity contribution in [1.29, 1.82) is 5.26 Å². The molecule has 6 nitrogen and oxygen atoms in total. The summed E-state index contributed by atoms with van der Waals surface area (Å²) in [6.07, 6.45) is 2.51. The minimum Gasteiger partial charge on any atom is -0.478 e. The normalized spacial score (nSPS) is 20.6. The Morgan fingerprint density at radius 1 is 1.35 bits per heavy atom. The van der Waals surface area contributed by atoms with Crippen molar-refractivity contribution in [2.24, 2.45) is 5.73 Å². The number of benzene rings is 1. The summed E-state index contributed by atoms with van der Waals surface area (Å²) >= 11 is 0. The Kier molecular flexibility index (Phi) is 3.42. The summed E-state index contributed by atoms with van der Waals surface area (Å²) in [6.45, 7) is 0. The Morgan fingerprint density at radius 2 is 2.05 bits per heavy atom. The van der Waals surface area contributed by atoms with Crippen LogP contribution in [0.25, 0.3) is 5.57 Å². The predicted octanol–water partition coefficient (Wildman–Crippen LogP) is -0.0255. The molecule has 1 atom stereocenters. The summed E-state index contributed by atoms with van der Waals surface area (Å²) in [6, 6.07) is 7.07. The lowest BCUT2D eigenvalue weighted by Crippen LogP contribution is -2.53. The minimum absolute atomic E-state index is 0.345. The van der Waals surface area contributed by atoms with Gasteiger partial charge in [-0.25, -0.2) is 4.79 Å². The van der Waals surface area contributed by atoms with Gasteiger partial charge in [-0.15, -0.1) is 0 Å². The molecule has 0 aliphatic heterocycles. The van der Waals surface area contributed by atoms with E-state index in [2.05, 4.69) is 0 Å². The maximum absolute atomic E-state index is 10.9. The van der Waals surface area contributed by atoms with Gasteiger partial charge in [-0.2, -0.15) is 5.26 Å². The van der Waals surface area contributed by atoms with Crippen molar-refractivity contribution >= 4 is 11.5 Å². The molecule has 0 saturated carbocycles. The number of carboxylic acid groups (broad SMARTS) is 1. The molecule has 5 N–H and O–H groups in total. The lowest BCUT2D eigenvalue weighted by molar-refractivity contribution is -0.156. The Labute approximate surface area is 114 Å². The fraction of sp³-hybridized carbons (Fsp3) is 0.143. The second-order valence-electron chi connectivity index (χ2n) is 4.40. The third-order valence-electron chi connectivity index (χ3n) is 3.15. The van der Waals surface area contributed by atoms with Crippen molar-refractivity contribution < 1.29 is 20.1 Å². The van der Waals surface area contributed by atoms with E-state index in [4.69, 9.17) is 16.1 Å². The minimum atomic E-state index is -2.67. The van der Waals surface area contributed by atoms with E-state index in [-0.39, 0.29) is 0 Å². The molecule has 6 heteroatoms. The van der Waals surface area contributed by atoms with Gasteiger partial charge in [0.1, 0.15) is 0 Å². The summed E-state index contributed by atoms with van der Waals surface area (Å²) in [7, 11) is 0. The van der Waals surface area contributed by atoms with Crippen molar-refractivity contribution in [3.8, 4) is 6.07 Å². The molecule has 0 fully saturated rings. The van der Waals surface area contributed by atoms with E-state index in [1.807, 2.05) is 6.07 Å². The SMILES string of the molecule is N#Cc1cccc(C2=CC=C(C(=O)O)C(O)(O)C2N)c1. The summed E-state index contributed by atoms with van der Waals surface area (Å²) in [5.74, 6) is -4.12. The average molecular weight is 272 g/mol. The van der Waals surface area contributed by atoms with Gasteiger partial charge >= 0.3 is 5.97 Å². The topological polar surface area (TPSA) is 128 Å². The van der Waals surface area contributed by atoms with Crippen molar-refractivity contribution in [3.05, 3.63) is 53.1 Å². The molecule has 1 unspecified atom stereocenters. The highest BCUT2D eigenvalue weighted by Gasteiger charge is 2.43. The average Bonchev–Trinajstić information content (AvgIpc) is 2.41. The zero-order chi connectivity index (χ0) is 14.9. The number of nitrogens with two attached hydrogens (primary N) is 1. The standard InChI is InChI=1S/C14H12N2O4/c15-7-8-2-1-3-9(6-8)10-4-5-11(13(17)18)14(19,20)12(10)16/h1-6,12,19-20H,16H2,(H,17,18). The van der Waals surface area contributed by atoms with Crippen LogP contribution in [0.15, 0.2) is 42.0 Å². The Bertz CT molecular complexity index is 668. The molecule has 0 bridgehead atoms. The van der Waals surface area contributed by atoms with Crippen molar-refractivity contribution in [3.63, 3.8) is 0 Å². The summed E-state index contributed by atoms with van der Waals surface area (Å²) < 4.78 is 0. The number of hydrogen-bond donors (Lipinski definition) is 4. The van der Waals surface area contributed by atoms with E-state index < -0.39 is 23.4 Å². The predicted molar refractivity (Wildman–Crippen MR) is 70.0 cm³/mol. The van der Waals surface area contributed by atoms with Crippen molar-refractivity contribution in [1.82, 2.24) is 0 Å². The number of carboxylic acids is 1. The first kappa shape index (κ1) is 14.0. The number of nitriles is 1. The summed E-state index contributed by atoms with van der Waals surface area (Å²) in [5, 5.41) is 37.6. The monoisotopic (exact) mass is 272 g/mol. The van der Waals surface area contributed by atoms with Crippen LogP contribution in [0.2, 0.25) is 0 Å². The number of nitrogens with zero attached hydrogens (tertiary/aromatic N) is 1. The molecule has 0 aromatic heterocycles. The first-order valence-corrected chi connectivity index (χ1v) is 5.74. The molecule has 1 aliphatic rings. The smallest absolute Gasteiger partial charge is 0.337 e. The number of allylic oxidation sites excluding steroid dienone is 2. The molecule has 0 radical (unpaired) electrons. The first-order valence-electron chi connectivity index (χ1n) is 5.74. The van der Waals surface area contributed by atoms with Gasteiger partial charge in [0.2, 0.25) is 5.79 Å². The molecule has 1 aromatic rings. The second-order valence-corrected chi connectivity index (χ2v) is 4.40. The van der Waals surface area contributed by atoms with Crippen molar-refractivity contribution in [2.75, 3.05) is 0 Å². The largest absolute Gasteiger partial charge is 0.478 e. The number of aliphatic carboxylic acids is 1. The molecular weight excluding hydrogens is 260 g/mol. The zero-order valence-electron chi connectivity index (χ0n) is 10.3. The molecule has 0 heterocycles. The van der Waals surface area contributed by atoms with Gasteiger partial charge in [0, 0.05) is 0 Å². The van der Waals surface area contributed by atoms with Gasteiger partial charge in [0.05, 0.1) is 23.2 Å². The fourth-order valence-corrected chi connectivity index (χ4v) is 2.06. The van der Waals surface area contributed by atoms with Gasteiger partial charge in [0.25, 0.3) is 0 Å². The van der Waals surface area contributed by atoms with Crippen LogP contribution < -0.4 is 5.73 Å². The van der Waals surface area contributed by atoms with E-state index in [0.29, 0.717) is 16.7 Å². The highest BCUT2D eigenvalue weighted by atomic mass is 16.5. The van der Waals surface area contributed by atoms with Crippen LogP contribution in [0, 0.1) is 11.3 Å². The van der Waals surface area contributed by atoms with Crippen LogP contribution in [0.5, 0.6) is 0 Å². The molecule has 20 heavy (non-hydrogen) atoms. The number of carbonyl (C=O) groups is 1. The third-order valence-corrected chi connectivity index (χ3v) is 3.15. The Morgan fingerprint density at radius 3 is 2.65 bits per heavy atom. The van der Waals surface area contributed by atoms with Gasteiger partial charge in [-0.05, 0) is 29.3 Å². The van der Waals surface area contributed by atoms with Crippen LogP contribution >= 0.6 is 0 Å². The van der Waals surface area contributed by atoms with Crippen LogP contribution in [-0.4, -0.2) is 33.1 Å². The molecular formula is C14H12N2O4. The molecule has 2 rings (SSSR count). The van der Waals surface area contributed by atoms with Crippen LogP contribution in [0.3, 0.4) is 0 Å². The first-order chi connectivity index (χ1) is 9.37. The van der Waals surface area contributed by atoms with Gasteiger partial charge < -0.3 is 21.1 Å². The van der Waals surface area contributed by atoms with E-state index in [1.54, 1.807) is 24.3 Å². The van der Waals surface area contributed by atoms with Crippen LogP contribution in [-0.2, 0) is 4.79 Å². The highest BCUT2D eigenvalue weighted by Crippen LogP contribution is 2.32.